The van der Waals surface area contributed by atoms with Gasteiger partial charge in [0, 0.05) is 18.1 Å². The van der Waals surface area contributed by atoms with Crippen LogP contribution in [0.5, 0.6) is 0 Å². The molecular weight excluding hydrogens is 238 g/mol. The maximum atomic E-state index is 5.65. The SMILES string of the molecule is NCc1nnn(-c2nccs2)c1-c1ccco1. The van der Waals surface area contributed by atoms with E-state index < -0.39 is 0 Å². The molecule has 0 fully saturated rings. The maximum absolute atomic E-state index is 5.65. The minimum absolute atomic E-state index is 0.307. The zero-order valence-corrected chi connectivity index (χ0v) is 9.59. The van der Waals surface area contributed by atoms with Gasteiger partial charge in [-0.05, 0) is 12.1 Å². The van der Waals surface area contributed by atoms with Gasteiger partial charge in [-0.25, -0.2) is 4.98 Å². The lowest BCUT2D eigenvalue weighted by atomic mass is 10.2. The highest BCUT2D eigenvalue weighted by Crippen LogP contribution is 2.25. The number of furan rings is 1. The molecule has 0 radical (unpaired) electrons. The van der Waals surface area contributed by atoms with Crippen LogP contribution in [0.15, 0.2) is 34.4 Å². The first-order valence-corrected chi connectivity index (χ1v) is 5.86. The van der Waals surface area contributed by atoms with Gasteiger partial charge >= 0.3 is 0 Å². The number of rotatable bonds is 3. The summed E-state index contributed by atoms with van der Waals surface area (Å²) in [6.07, 6.45) is 3.32. The van der Waals surface area contributed by atoms with Gasteiger partial charge < -0.3 is 10.2 Å². The van der Waals surface area contributed by atoms with E-state index in [1.807, 2.05) is 17.5 Å². The van der Waals surface area contributed by atoms with Gasteiger partial charge in [-0.1, -0.05) is 5.21 Å². The lowest BCUT2D eigenvalue weighted by molar-refractivity contribution is 0.576. The number of aromatic nitrogens is 4. The highest BCUT2D eigenvalue weighted by molar-refractivity contribution is 7.12. The second-order valence-electron chi connectivity index (χ2n) is 3.29. The van der Waals surface area contributed by atoms with Crippen molar-refractivity contribution in [3.05, 3.63) is 35.7 Å². The Morgan fingerprint density at radius 1 is 1.47 bits per heavy atom. The Bertz CT molecular complexity index is 599. The summed E-state index contributed by atoms with van der Waals surface area (Å²) >= 11 is 1.48. The molecule has 0 aromatic carbocycles. The Balaban J connectivity index is 2.20. The largest absolute Gasteiger partial charge is 0.463 e. The summed E-state index contributed by atoms with van der Waals surface area (Å²) in [6, 6.07) is 3.66. The highest BCUT2D eigenvalue weighted by Gasteiger charge is 2.18. The van der Waals surface area contributed by atoms with Crippen LogP contribution in [-0.2, 0) is 6.54 Å². The van der Waals surface area contributed by atoms with E-state index >= 15 is 0 Å². The van der Waals surface area contributed by atoms with Crippen molar-refractivity contribution in [2.24, 2.45) is 5.73 Å². The van der Waals surface area contributed by atoms with Crippen LogP contribution in [0, 0.1) is 0 Å². The second-order valence-corrected chi connectivity index (χ2v) is 4.17. The minimum atomic E-state index is 0.307. The molecule has 6 nitrogen and oxygen atoms in total. The van der Waals surface area contributed by atoms with E-state index in [1.165, 1.54) is 11.3 Å². The second kappa shape index (κ2) is 4.11. The molecule has 3 heterocycles. The fourth-order valence-electron chi connectivity index (χ4n) is 1.56. The topological polar surface area (TPSA) is 82.8 Å². The maximum Gasteiger partial charge on any atom is 0.212 e. The van der Waals surface area contributed by atoms with E-state index in [0.717, 1.165) is 10.8 Å². The van der Waals surface area contributed by atoms with Gasteiger partial charge in [0.05, 0.1) is 6.26 Å². The Hall–Kier alpha value is -1.99. The summed E-state index contributed by atoms with van der Waals surface area (Å²) in [5, 5.41) is 10.7. The van der Waals surface area contributed by atoms with Crippen LogP contribution in [0.3, 0.4) is 0 Å². The van der Waals surface area contributed by atoms with Crippen LogP contribution in [0.4, 0.5) is 0 Å². The molecule has 0 saturated carbocycles. The molecule has 2 N–H and O–H groups in total. The van der Waals surface area contributed by atoms with Crippen LogP contribution in [0.2, 0.25) is 0 Å². The zero-order valence-electron chi connectivity index (χ0n) is 8.78. The van der Waals surface area contributed by atoms with Gasteiger partial charge in [0.15, 0.2) is 5.76 Å². The van der Waals surface area contributed by atoms with Gasteiger partial charge in [-0.2, -0.15) is 4.68 Å². The standard InChI is InChI=1S/C10H9N5OS/c11-6-7-9(8-2-1-4-16-8)15(14-13-7)10-12-3-5-17-10/h1-5H,6,11H2. The summed E-state index contributed by atoms with van der Waals surface area (Å²) < 4.78 is 7.02. The number of nitrogens with zero attached hydrogens (tertiary/aromatic N) is 4. The summed E-state index contributed by atoms with van der Waals surface area (Å²) in [5.41, 5.74) is 7.10. The minimum Gasteiger partial charge on any atom is -0.463 e. The quantitative estimate of drug-likeness (QED) is 0.757. The molecule has 3 aromatic rings. The smallest absolute Gasteiger partial charge is 0.212 e. The van der Waals surface area contributed by atoms with Gasteiger partial charge in [0.2, 0.25) is 5.13 Å². The van der Waals surface area contributed by atoms with E-state index in [0.29, 0.717) is 18.0 Å². The molecule has 0 spiro atoms. The Labute approximate surface area is 101 Å². The fourth-order valence-corrected chi connectivity index (χ4v) is 2.16. The molecule has 17 heavy (non-hydrogen) atoms. The van der Waals surface area contributed by atoms with Crippen molar-refractivity contribution in [1.82, 2.24) is 20.0 Å². The molecule has 0 aliphatic carbocycles. The number of nitrogens with two attached hydrogens (primary N) is 1. The van der Waals surface area contributed by atoms with Crippen molar-refractivity contribution in [1.29, 1.82) is 0 Å². The lowest BCUT2D eigenvalue weighted by Gasteiger charge is -2.00. The third-order valence-electron chi connectivity index (χ3n) is 2.29. The molecule has 0 aliphatic rings. The summed E-state index contributed by atoms with van der Waals surface area (Å²) in [7, 11) is 0. The zero-order chi connectivity index (χ0) is 11.7. The van der Waals surface area contributed by atoms with Crippen molar-refractivity contribution in [3.63, 3.8) is 0 Å². The first kappa shape index (κ1) is 10.2. The van der Waals surface area contributed by atoms with Crippen LogP contribution in [0.25, 0.3) is 16.6 Å². The summed E-state index contributed by atoms with van der Waals surface area (Å²) in [4.78, 5) is 4.20. The van der Waals surface area contributed by atoms with Gasteiger partial charge in [-0.15, -0.1) is 16.4 Å². The number of hydrogen-bond donors (Lipinski definition) is 1. The lowest BCUT2D eigenvalue weighted by Crippen LogP contribution is -2.01. The predicted octanol–water partition coefficient (Wildman–Crippen LogP) is 1.44. The molecule has 86 valence electrons. The van der Waals surface area contributed by atoms with Crippen LogP contribution in [0.1, 0.15) is 5.69 Å². The van der Waals surface area contributed by atoms with Crippen molar-refractivity contribution in [3.8, 4) is 16.6 Å². The van der Waals surface area contributed by atoms with Crippen LogP contribution >= 0.6 is 11.3 Å². The van der Waals surface area contributed by atoms with Crippen molar-refractivity contribution in [2.75, 3.05) is 0 Å². The normalized spacial score (nSPS) is 10.9. The molecule has 0 aliphatic heterocycles. The Morgan fingerprint density at radius 2 is 2.41 bits per heavy atom. The van der Waals surface area contributed by atoms with Gasteiger partial charge in [0.1, 0.15) is 11.4 Å². The van der Waals surface area contributed by atoms with Crippen LogP contribution in [-0.4, -0.2) is 20.0 Å². The number of hydrogen-bond acceptors (Lipinski definition) is 6. The van der Waals surface area contributed by atoms with Crippen molar-refractivity contribution >= 4 is 11.3 Å². The third-order valence-corrected chi connectivity index (χ3v) is 3.04. The van der Waals surface area contributed by atoms with E-state index in [1.54, 1.807) is 17.1 Å². The molecule has 0 unspecified atom stereocenters. The molecule has 3 rings (SSSR count). The molecule has 0 saturated heterocycles. The Morgan fingerprint density at radius 3 is 3.06 bits per heavy atom. The molecule has 7 heteroatoms. The van der Waals surface area contributed by atoms with E-state index in [2.05, 4.69) is 15.3 Å². The highest BCUT2D eigenvalue weighted by atomic mass is 32.1. The van der Waals surface area contributed by atoms with Gasteiger partial charge in [-0.3, -0.25) is 0 Å². The van der Waals surface area contributed by atoms with E-state index in [4.69, 9.17) is 10.2 Å². The average molecular weight is 247 g/mol. The molecule has 0 atom stereocenters. The third kappa shape index (κ3) is 1.65. The van der Waals surface area contributed by atoms with Crippen molar-refractivity contribution < 1.29 is 4.42 Å². The van der Waals surface area contributed by atoms with E-state index in [-0.39, 0.29) is 0 Å². The van der Waals surface area contributed by atoms with Crippen LogP contribution < -0.4 is 5.73 Å². The predicted molar refractivity (Wildman–Crippen MR) is 62.6 cm³/mol. The fraction of sp³-hybridized carbons (Fsp3) is 0.100. The molecule has 0 amide bonds. The monoisotopic (exact) mass is 247 g/mol. The van der Waals surface area contributed by atoms with Gasteiger partial charge in [0.25, 0.3) is 0 Å². The summed E-state index contributed by atoms with van der Waals surface area (Å²) in [5.74, 6) is 0.686. The molecule has 3 aromatic heterocycles. The molecular formula is C10H9N5OS. The first-order valence-electron chi connectivity index (χ1n) is 4.98. The summed E-state index contributed by atoms with van der Waals surface area (Å²) in [6.45, 7) is 0.307. The van der Waals surface area contributed by atoms with Crippen molar-refractivity contribution in [2.45, 2.75) is 6.54 Å². The Kier molecular flexibility index (Phi) is 2.46. The average Bonchev–Trinajstić information content (AvgIpc) is 3.09. The molecule has 0 bridgehead atoms. The number of thiazole rings is 1. The first-order chi connectivity index (χ1) is 8.40. The van der Waals surface area contributed by atoms with E-state index in [9.17, 15) is 0 Å².